The van der Waals surface area contributed by atoms with Gasteiger partial charge in [0.2, 0.25) is 0 Å². The third-order valence-electron chi connectivity index (χ3n) is 5.48. The summed E-state index contributed by atoms with van der Waals surface area (Å²) in [5, 5.41) is 3.96. The van der Waals surface area contributed by atoms with Gasteiger partial charge in [0.15, 0.2) is 11.5 Å². The van der Waals surface area contributed by atoms with Crippen molar-refractivity contribution in [3.8, 4) is 23.8 Å². The van der Waals surface area contributed by atoms with Crippen LogP contribution in [0.4, 0.5) is 16.3 Å². The molecule has 2 heterocycles. The minimum atomic E-state index is -0.406. The molecule has 0 radical (unpaired) electrons. The van der Waals surface area contributed by atoms with Crippen molar-refractivity contribution in [2.75, 3.05) is 39.1 Å². The Kier molecular flexibility index (Phi) is 6.10. The highest BCUT2D eigenvalue weighted by Crippen LogP contribution is 2.35. The summed E-state index contributed by atoms with van der Waals surface area (Å²) in [7, 11) is 3.57. The fourth-order valence-corrected chi connectivity index (χ4v) is 3.79. The van der Waals surface area contributed by atoms with Gasteiger partial charge in [0, 0.05) is 48.4 Å². The molecule has 1 aliphatic heterocycles. The van der Waals surface area contributed by atoms with Crippen molar-refractivity contribution in [1.82, 2.24) is 19.8 Å². The van der Waals surface area contributed by atoms with Crippen LogP contribution in [0.3, 0.4) is 0 Å². The topological polar surface area (TPSA) is 79.8 Å². The Balaban J connectivity index is 1.66. The maximum absolute atomic E-state index is 12.9. The first-order chi connectivity index (χ1) is 15.5. The fraction of sp³-hybridized carbons (Fsp3) is 0.292. The van der Waals surface area contributed by atoms with Gasteiger partial charge < -0.3 is 24.6 Å². The molecule has 1 aromatic heterocycles. The van der Waals surface area contributed by atoms with E-state index in [0.29, 0.717) is 34.8 Å². The number of hydrogen-bond acceptors (Lipinski definition) is 7. The van der Waals surface area contributed by atoms with Crippen LogP contribution in [0.5, 0.6) is 11.5 Å². The summed E-state index contributed by atoms with van der Waals surface area (Å²) in [4.78, 5) is 25.5. The second-order valence-corrected chi connectivity index (χ2v) is 7.77. The van der Waals surface area contributed by atoms with Crippen molar-refractivity contribution < 1.29 is 14.3 Å². The molecule has 0 spiro atoms. The Morgan fingerprint density at radius 3 is 2.81 bits per heavy atom. The number of anilines is 2. The molecule has 1 atom stereocenters. The molecule has 1 saturated heterocycles. The van der Waals surface area contributed by atoms with Crippen molar-refractivity contribution >= 4 is 28.5 Å². The molecule has 2 aromatic carbocycles. The molecule has 32 heavy (non-hydrogen) atoms. The summed E-state index contributed by atoms with van der Waals surface area (Å²) in [5.41, 5.74) is 2.20. The minimum Gasteiger partial charge on any atom is -0.493 e. The summed E-state index contributed by atoms with van der Waals surface area (Å²) < 4.78 is 11.2. The zero-order valence-electron chi connectivity index (χ0n) is 18.3. The first kappa shape index (κ1) is 21.4. The molecule has 1 amide bonds. The summed E-state index contributed by atoms with van der Waals surface area (Å²) >= 11 is 0. The number of piperazine rings is 1. The van der Waals surface area contributed by atoms with E-state index in [0.717, 1.165) is 24.3 Å². The van der Waals surface area contributed by atoms with E-state index in [9.17, 15) is 4.79 Å². The molecule has 8 heteroatoms. The van der Waals surface area contributed by atoms with E-state index in [-0.39, 0.29) is 6.04 Å². The number of ether oxygens (including phenoxy) is 2. The van der Waals surface area contributed by atoms with E-state index in [1.54, 1.807) is 17.0 Å². The molecule has 0 bridgehead atoms. The Morgan fingerprint density at radius 2 is 2.06 bits per heavy atom. The van der Waals surface area contributed by atoms with Crippen LogP contribution in [0.15, 0.2) is 42.7 Å². The largest absolute Gasteiger partial charge is 0.493 e. The molecule has 1 fully saturated rings. The lowest BCUT2D eigenvalue weighted by molar-refractivity contribution is 0.0886. The number of hydrogen-bond donors (Lipinski definition) is 1. The van der Waals surface area contributed by atoms with Crippen LogP contribution in [0.2, 0.25) is 0 Å². The highest BCUT2D eigenvalue weighted by molar-refractivity contribution is 5.93. The van der Waals surface area contributed by atoms with E-state index in [4.69, 9.17) is 15.9 Å². The third kappa shape index (κ3) is 4.43. The number of fused-ring (bicyclic) bond motifs is 1. The number of likely N-dealkylation sites (N-methyl/N-ethyl adjacent to an activating group) is 1. The van der Waals surface area contributed by atoms with Gasteiger partial charge in [-0.15, -0.1) is 6.42 Å². The van der Waals surface area contributed by atoms with Crippen molar-refractivity contribution in [3.05, 3.63) is 48.3 Å². The number of methoxy groups -OCH3 is 1. The molecule has 164 valence electrons. The highest BCUT2D eigenvalue weighted by atomic mass is 16.6. The van der Waals surface area contributed by atoms with Gasteiger partial charge >= 0.3 is 6.09 Å². The number of amides is 1. The first-order valence-electron chi connectivity index (χ1n) is 10.3. The van der Waals surface area contributed by atoms with E-state index in [1.165, 1.54) is 13.4 Å². The van der Waals surface area contributed by atoms with Gasteiger partial charge in [-0.2, -0.15) is 0 Å². The smallest absolute Gasteiger partial charge is 0.415 e. The lowest BCUT2D eigenvalue weighted by Crippen LogP contribution is -2.53. The monoisotopic (exact) mass is 431 g/mol. The maximum Gasteiger partial charge on any atom is 0.415 e. The quantitative estimate of drug-likeness (QED) is 0.634. The Labute approximate surface area is 187 Å². The molecule has 0 aliphatic carbocycles. The molecule has 1 aliphatic rings. The summed E-state index contributed by atoms with van der Waals surface area (Å²) in [6.07, 6.45) is 6.57. The summed E-state index contributed by atoms with van der Waals surface area (Å²) in [5.74, 6) is 3.92. The van der Waals surface area contributed by atoms with Gasteiger partial charge in [-0.25, -0.2) is 14.8 Å². The Bertz CT molecular complexity index is 1190. The van der Waals surface area contributed by atoms with Crippen LogP contribution in [0, 0.1) is 12.3 Å². The molecule has 8 nitrogen and oxygen atoms in total. The zero-order valence-corrected chi connectivity index (χ0v) is 18.3. The molecule has 4 rings (SSSR count). The normalized spacial score (nSPS) is 16.4. The zero-order chi connectivity index (χ0) is 22.7. The SMILES string of the molecule is C#Cc1cccc(Nc2ncnc3cc(OC)c(OC(=O)N4CCN(C)CC4C)cc23)c1. The molecular weight excluding hydrogens is 406 g/mol. The minimum absolute atomic E-state index is 0.0525. The molecule has 0 saturated carbocycles. The van der Waals surface area contributed by atoms with Gasteiger partial charge in [-0.3, -0.25) is 0 Å². The van der Waals surface area contributed by atoms with Crippen molar-refractivity contribution in [2.24, 2.45) is 0 Å². The second kappa shape index (κ2) is 9.12. The van der Waals surface area contributed by atoms with E-state index < -0.39 is 6.09 Å². The lowest BCUT2D eigenvalue weighted by Gasteiger charge is -2.37. The first-order valence-corrected chi connectivity index (χ1v) is 10.3. The summed E-state index contributed by atoms with van der Waals surface area (Å²) in [6, 6.07) is 11.0. The third-order valence-corrected chi connectivity index (χ3v) is 5.48. The number of carbonyl (C=O) groups is 1. The average molecular weight is 431 g/mol. The van der Waals surface area contributed by atoms with Crippen molar-refractivity contribution in [3.63, 3.8) is 0 Å². The van der Waals surface area contributed by atoms with Gasteiger partial charge in [-0.05, 0) is 38.2 Å². The second-order valence-electron chi connectivity index (χ2n) is 7.77. The Morgan fingerprint density at radius 1 is 1.22 bits per heavy atom. The molecule has 1 N–H and O–H groups in total. The highest BCUT2D eigenvalue weighted by Gasteiger charge is 2.28. The maximum atomic E-state index is 12.9. The number of nitrogens with zero attached hydrogens (tertiary/aromatic N) is 4. The van der Waals surface area contributed by atoms with Gasteiger partial charge in [-0.1, -0.05) is 12.0 Å². The number of nitrogens with one attached hydrogen (secondary N) is 1. The predicted octanol–water partition coefficient (Wildman–Crippen LogP) is 3.50. The van der Waals surface area contributed by atoms with Crippen LogP contribution in [-0.4, -0.2) is 65.7 Å². The molecule has 3 aromatic rings. The lowest BCUT2D eigenvalue weighted by atomic mass is 10.2. The average Bonchev–Trinajstić information content (AvgIpc) is 2.79. The Hall–Kier alpha value is -3.83. The number of rotatable bonds is 4. The standard InChI is InChI=1S/C24H25N5O3/c1-5-17-7-6-8-18(11-17)27-23-19-12-22(21(31-4)13-20(19)25-15-26-23)32-24(30)29-10-9-28(3)14-16(29)2/h1,6-8,11-13,15-16H,9-10,14H2,2-4H3,(H,25,26,27). The number of terminal acetylenes is 1. The van der Waals surface area contributed by atoms with Gasteiger partial charge in [0.05, 0.1) is 12.6 Å². The van der Waals surface area contributed by atoms with Crippen LogP contribution in [0.25, 0.3) is 10.9 Å². The van der Waals surface area contributed by atoms with Crippen LogP contribution in [-0.2, 0) is 0 Å². The van der Waals surface area contributed by atoms with Crippen LogP contribution < -0.4 is 14.8 Å². The van der Waals surface area contributed by atoms with Crippen molar-refractivity contribution in [1.29, 1.82) is 0 Å². The van der Waals surface area contributed by atoms with Crippen LogP contribution in [0.1, 0.15) is 12.5 Å². The van der Waals surface area contributed by atoms with Gasteiger partial charge in [0.25, 0.3) is 0 Å². The number of aromatic nitrogens is 2. The van der Waals surface area contributed by atoms with Crippen LogP contribution >= 0.6 is 0 Å². The molecule has 1 unspecified atom stereocenters. The number of benzene rings is 2. The van der Waals surface area contributed by atoms with E-state index >= 15 is 0 Å². The van der Waals surface area contributed by atoms with E-state index in [2.05, 4.69) is 26.1 Å². The van der Waals surface area contributed by atoms with Gasteiger partial charge in [0.1, 0.15) is 12.1 Å². The number of carbonyl (C=O) groups excluding carboxylic acids is 1. The predicted molar refractivity (Wildman–Crippen MR) is 123 cm³/mol. The van der Waals surface area contributed by atoms with Crippen molar-refractivity contribution in [2.45, 2.75) is 13.0 Å². The molecular formula is C24H25N5O3. The van der Waals surface area contributed by atoms with E-state index in [1.807, 2.05) is 38.2 Å². The summed E-state index contributed by atoms with van der Waals surface area (Å²) in [6.45, 7) is 4.21. The fourth-order valence-electron chi connectivity index (χ4n) is 3.79.